The Kier molecular flexibility index (Phi) is 9.47. The van der Waals surface area contributed by atoms with E-state index in [2.05, 4.69) is 58.6 Å². The second-order valence-corrected chi connectivity index (χ2v) is 5.48. The van der Waals surface area contributed by atoms with E-state index in [9.17, 15) is 0 Å². The molecule has 124 valence electrons. The monoisotopic (exact) mass is 416 g/mol. The van der Waals surface area contributed by atoms with E-state index in [-0.39, 0.29) is 24.0 Å². The van der Waals surface area contributed by atoms with Gasteiger partial charge >= 0.3 is 0 Å². The predicted molar refractivity (Wildman–Crippen MR) is 105 cm³/mol. The third kappa shape index (κ3) is 6.12. The number of guanidine groups is 1. The van der Waals surface area contributed by atoms with E-state index in [4.69, 9.17) is 0 Å². The van der Waals surface area contributed by atoms with E-state index >= 15 is 0 Å². The first kappa shape index (κ1) is 19.2. The van der Waals surface area contributed by atoms with Gasteiger partial charge in [0.15, 0.2) is 5.96 Å². The van der Waals surface area contributed by atoms with Gasteiger partial charge < -0.3 is 10.6 Å². The lowest BCUT2D eigenvalue weighted by molar-refractivity contribution is 0.330. The molecule has 2 rings (SSSR count). The van der Waals surface area contributed by atoms with Crippen LogP contribution >= 0.6 is 24.0 Å². The maximum atomic E-state index is 4.68. The SMILES string of the molecule is CCNC(=NCc1ccccc1CN1CCCC1)NCC.I. The highest BCUT2D eigenvalue weighted by Gasteiger charge is 2.13. The Bertz CT molecular complexity index is 448. The summed E-state index contributed by atoms with van der Waals surface area (Å²) in [6.45, 7) is 10.2. The molecule has 1 aliphatic heterocycles. The molecule has 0 spiro atoms. The van der Waals surface area contributed by atoms with Crippen molar-refractivity contribution in [3.63, 3.8) is 0 Å². The van der Waals surface area contributed by atoms with E-state index in [1.807, 2.05) is 0 Å². The number of halogens is 1. The van der Waals surface area contributed by atoms with Gasteiger partial charge in [0.25, 0.3) is 0 Å². The molecule has 1 aromatic rings. The van der Waals surface area contributed by atoms with Crippen LogP contribution in [0.1, 0.15) is 37.8 Å². The van der Waals surface area contributed by atoms with Crippen LogP contribution in [0.2, 0.25) is 0 Å². The Morgan fingerprint density at radius 2 is 1.64 bits per heavy atom. The summed E-state index contributed by atoms with van der Waals surface area (Å²) in [7, 11) is 0. The van der Waals surface area contributed by atoms with Crippen molar-refractivity contribution in [1.29, 1.82) is 0 Å². The van der Waals surface area contributed by atoms with Crippen LogP contribution < -0.4 is 10.6 Å². The van der Waals surface area contributed by atoms with Crippen molar-refractivity contribution in [2.24, 2.45) is 4.99 Å². The van der Waals surface area contributed by atoms with Crippen molar-refractivity contribution >= 4 is 29.9 Å². The van der Waals surface area contributed by atoms with Crippen LogP contribution in [-0.2, 0) is 13.1 Å². The van der Waals surface area contributed by atoms with Gasteiger partial charge in [0, 0.05) is 19.6 Å². The van der Waals surface area contributed by atoms with Crippen LogP contribution in [0.4, 0.5) is 0 Å². The normalized spacial score (nSPS) is 14.3. The van der Waals surface area contributed by atoms with Crippen molar-refractivity contribution in [3.05, 3.63) is 35.4 Å². The van der Waals surface area contributed by atoms with Gasteiger partial charge in [0.2, 0.25) is 0 Å². The van der Waals surface area contributed by atoms with Crippen molar-refractivity contribution < 1.29 is 0 Å². The molecule has 0 unspecified atom stereocenters. The standard InChI is InChI=1S/C17H28N4.HI/c1-3-18-17(19-4-2)20-13-15-9-5-6-10-16(15)14-21-11-7-8-12-21;/h5-6,9-10H,3-4,7-8,11-14H2,1-2H3,(H2,18,19,20);1H. The summed E-state index contributed by atoms with van der Waals surface area (Å²) in [4.78, 5) is 7.22. The van der Waals surface area contributed by atoms with Crippen molar-refractivity contribution in [2.45, 2.75) is 39.8 Å². The number of hydrogen-bond acceptors (Lipinski definition) is 2. The van der Waals surface area contributed by atoms with Gasteiger partial charge in [-0.05, 0) is 50.9 Å². The van der Waals surface area contributed by atoms with Gasteiger partial charge in [-0.25, -0.2) is 4.99 Å². The molecule has 0 aliphatic carbocycles. The first-order chi connectivity index (χ1) is 10.3. The van der Waals surface area contributed by atoms with Crippen molar-refractivity contribution in [1.82, 2.24) is 15.5 Å². The summed E-state index contributed by atoms with van der Waals surface area (Å²) >= 11 is 0. The second-order valence-electron chi connectivity index (χ2n) is 5.48. The van der Waals surface area contributed by atoms with E-state index in [0.717, 1.165) is 32.1 Å². The van der Waals surface area contributed by atoms with Crippen LogP contribution in [0.25, 0.3) is 0 Å². The molecule has 22 heavy (non-hydrogen) atoms. The molecule has 0 aromatic heterocycles. The summed E-state index contributed by atoms with van der Waals surface area (Å²) in [5.74, 6) is 0.899. The Balaban J connectivity index is 0.00000242. The fourth-order valence-electron chi connectivity index (χ4n) is 2.72. The van der Waals surface area contributed by atoms with E-state index < -0.39 is 0 Å². The fourth-order valence-corrected chi connectivity index (χ4v) is 2.72. The van der Waals surface area contributed by atoms with Crippen LogP contribution in [0, 0.1) is 0 Å². The minimum Gasteiger partial charge on any atom is -0.357 e. The minimum atomic E-state index is 0. The second kappa shape index (κ2) is 10.8. The molecule has 2 N–H and O–H groups in total. The molecule has 0 bridgehead atoms. The molecule has 5 heteroatoms. The zero-order valence-corrected chi connectivity index (χ0v) is 16.1. The van der Waals surface area contributed by atoms with Gasteiger partial charge in [0.1, 0.15) is 0 Å². The fraction of sp³-hybridized carbons (Fsp3) is 0.588. The summed E-state index contributed by atoms with van der Waals surface area (Å²) in [6, 6.07) is 8.68. The average Bonchev–Trinajstić information content (AvgIpc) is 2.99. The highest BCUT2D eigenvalue weighted by Crippen LogP contribution is 2.16. The Morgan fingerprint density at radius 1 is 1.05 bits per heavy atom. The smallest absolute Gasteiger partial charge is 0.191 e. The molecule has 1 aliphatic rings. The quantitative estimate of drug-likeness (QED) is 0.426. The Hall–Kier alpha value is -0.820. The number of benzene rings is 1. The number of rotatable bonds is 6. The zero-order chi connectivity index (χ0) is 14.9. The predicted octanol–water partition coefficient (Wildman–Crippen LogP) is 2.98. The Labute approximate surface area is 151 Å². The summed E-state index contributed by atoms with van der Waals surface area (Å²) < 4.78 is 0. The molecule has 1 saturated heterocycles. The Morgan fingerprint density at radius 3 is 2.23 bits per heavy atom. The number of hydrogen-bond donors (Lipinski definition) is 2. The lowest BCUT2D eigenvalue weighted by Gasteiger charge is -2.17. The summed E-state index contributed by atoms with van der Waals surface area (Å²) in [5.41, 5.74) is 2.74. The van der Waals surface area contributed by atoms with E-state index in [1.54, 1.807) is 0 Å². The zero-order valence-electron chi connectivity index (χ0n) is 13.8. The number of nitrogens with zero attached hydrogens (tertiary/aromatic N) is 2. The molecular formula is C17H29IN4. The van der Waals surface area contributed by atoms with Crippen LogP contribution in [0.3, 0.4) is 0 Å². The molecule has 0 amide bonds. The van der Waals surface area contributed by atoms with Crippen molar-refractivity contribution in [3.8, 4) is 0 Å². The first-order valence-electron chi connectivity index (χ1n) is 8.14. The minimum absolute atomic E-state index is 0. The lowest BCUT2D eigenvalue weighted by Crippen LogP contribution is -2.37. The third-order valence-electron chi connectivity index (χ3n) is 3.81. The number of aliphatic imine (C=N–C) groups is 1. The van der Waals surface area contributed by atoms with Gasteiger partial charge in [-0.1, -0.05) is 24.3 Å². The van der Waals surface area contributed by atoms with Crippen molar-refractivity contribution in [2.75, 3.05) is 26.2 Å². The average molecular weight is 416 g/mol. The van der Waals surface area contributed by atoms with E-state index in [1.165, 1.54) is 37.1 Å². The van der Waals surface area contributed by atoms with Gasteiger partial charge in [-0.3, -0.25) is 4.90 Å². The maximum absolute atomic E-state index is 4.68. The van der Waals surface area contributed by atoms with E-state index in [0.29, 0.717) is 0 Å². The van der Waals surface area contributed by atoms with Crippen LogP contribution in [0.15, 0.2) is 29.3 Å². The van der Waals surface area contributed by atoms with Crippen LogP contribution in [0.5, 0.6) is 0 Å². The molecular weight excluding hydrogens is 387 g/mol. The summed E-state index contributed by atoms with van der Waals surface area (Å²) in [5, 5.41) is 6.55. The maximum Gasteiger partial charge on any atom is 0.191 e. The molecule has 1 heterocycles. The van der Waals surface area contributed by atoms with Gasteiger partial charge in [-0.2, -0.15) is 0 Å². The van der Waals surface area contributed by atoms with Crippen LogP contribution in [-0.4, -0.2) is 37.0 Å². The molecule has 4 nitrogen and oxygen atoms in total. The first-order valence-corrected chi connectivity index (χ1v) is 8.14. The number of nitrogens with one attached hydrogen (secondary N) is 2. The van der Waals surface area contributed by atoms with Gasteiger partial charge in [0.05, 0.1) is 6.54 Å². The molecule has 0 radical (unpaired) electrons. The molecule has 0 saturated carbocycles. The lowest BCUT2D eigenvalue weighted by atomic mass is 10.1. The third-order valence-corrected chi connectivity index (χ3v) is 3.81. The molecule has 1 fully saturated rings. The molecule has 0 atom stereocenters. The molecule has 1 aromatic carbocycles. The van der Waals surface area contributed by atoms with Gasteiger partial charge in [-0.15, -0.1) is 24.0 Å². The summed E-state index contributed by atoms with van der Waals surface area (Å²) in [6.07, 6.45) is 2.68. The number of likely N-dealkylation sites (tertiary alicyclic amines) is 1. The highest BCUT2D eigenvalue weighted by atomic mass is 127. The highest BCUT2D eigenvalue weighted by molar-refractivity contribution is 14.0. The largest absolute Gasteiger partial charge is 0.357 e. The topological polar surface area (TPSA) is 39.7 Å².